The van der Waals surface area contributed by atoms with E-state index in [1.54, 1.807) is 61.6 Å². The van der Waals surface area contributed by atoms with Gasteiger partial charge >= 0.3 is 0 Å². The van der Waals surface area contributed by atoms with Crippen LogP contribution in [0.15, 0.2) is 78.0 Å². The largest absolute Gasteiger partial charge is 0.497 e. The van der Waals surface area contributed by atoms with E-state index in [1.165, 1.54) is 18.9 Å². The monoisotopic (exact) mass is 600 g/mol. The second-order valence-electron chi connectivity index (χ2n) is 9.90. The van der Waals surface area contributed by atoms with Crippen LogP contribution in [-0.4, -0.2) is 53.8 Å². The lowest BCUT2D eigenvalue weighted by Gasteiger charge is -2.32. The molecular weight excluding hydrogens is 564 g/mol. The fraction of sp³-hybridized carbons (Fsp3) is 0.273. The highest BCUT2D eigenvalue weighted by Crippen LogP contribution is 2.33. The average molecular weight is 601 g/mol. The summed E-state index contributed by atoms with van der Waals surface area (Å²) < 4.78 is 16.2. The van der Waals surface area contributed by atoms with Gasteiger partial charge < -0.3 is 24.4 Å². The van der Waals surface area contributed by atoms with Crippen LogP contribution < -0.4 is 19.5 Å². The number of aryl methyl sites for hydroxylation is 3. The van der Waals surface area contributed by atoms with E-state index in [-0.39, 0.29) is 18.2 Å². The standard InChI is InChI=1S/C33H36N4O5S/c1-21-9-7-8-10-25(21)19-37(30(38)20-43-33-34-22(2)17-23(3)35-33)31(24-11-13-26(40-4)14-12-24)32(39)36-28-16-15-27(41-5)18-29(28)42-6/h7-18,31H,19-20H2,1-6H3,(H,36,39)/t31-/m0/s1. The zero-order valence-electron chi connectivity index (χ0n) is 25.2. The number of hydrogen-bond acceptors (Lipinski definition) is 8. The zero-order valence-corrected chi connectivity index (χ0v) is 26.0. The number of amides is 2. The smallest absolute Gasteiger partial charge is 0.251 e. The summed E-state index contributed by atoms with van der Waals surface area (Å²) in [6.07, 6.45) is 0. The molecule has 3 aromatic carbocycles. The van der Waals surface area contributed by atoms with Crippen LogP contribution in [0.3, 0.4) is 0 Å². The Kier molecular flexibility index (Phi) is 10.6. The molecule has 0 radical (unpaired) electrons. The first-order chi connectivity index (χ1) is 20.7. The summed E-state index contributed by atoms with van der Waals surface area (Å²) in [6, 6.07) is 21.0. The van der Waals surface area contributed by atoms with E-state index in [4.69, 9.17) is 14.2 Å². The lowest BCUT2D eigenvalue weighted by atomic mass is 10.0. The highest BCUT2D eigenvalue weighted by atomic mass is 32.2. The number of carbonyl (C=O) groups excluding carboxylic acids is 2. The molecule has 0 aliphatic rings. The number of aromatic nitrogens is 2. The van der Waals surface area contributed by atoms with Gasteiger partial charge in [0.05, 0.1) is 32.8 Å². The van der Waals surface area contributed by atoms with Crippen LogP contribution >= 0.6 is 11.8 Å². The summed E-state index contributed by atoms with van der Waals surface area (Å²) in [5, 5.41) is 3.50. The van der Waals surface area contributed by atoms with Crippen LogP contribution in [0.2, 0.25) is 0 Å². The summed E-state index contributed by atoms with van der Waals surface area (Å²) in [5.41, 5.74) is 4.66. The Labute approximate surface area is 256 Å². The number of anilines is 1. The number of thioether (sulfide) groups is 1. The molecule has 0 unspecified atom stereocenters. The van der Waals surface area contributed by atoms with Crippen molar-refractivity contribution in [2.45, 2.75) is 38.5 Å². The van der Waals surface area contributed by atoms with Crippen LogP contribution in [0, 0.1) is 20.8 Å². The van der Waals surface area contributed by atoms with Gasteiger partial charge in [0.25, 0.3) is 5.91 Å². The lowest BCUT2D eigenvalue weighted by molar-refractivity contribution is -0.137. The molecule has 1 atom stereocenters. The molecule has 0 saturated heterocycles. The van der Waals surface area contributed by atoms with Crippen LogP contribution in [0.1, 0.15) is 34.1 Å². The Bertz CT molecular complexity index is 1560. The molecule has 2 amide bonds. The van der Waals surface area contributed by atoms with Crippen molar-refractivity contribution >= 4 is 29.3 Å². The molecule has 0 saturated carbocycles. The first-order valence-corrected chi connectivity index (χ1v) is 14.7. The molecule has 0 aliphatic heterocycles. The predicted octanol–water partition coefficient (Wildman–Crippen LogP) is 5.93. The number of ether oxygens (including phenoxy) is 3. The average Bonchev–Trinajstić information content (AvgIpc) is 3.00. The molecule has 0 spiro atoms. The van der Waals surface area contributed by atoms with Gasteiger partial charge in [-0.15, -0.1) is 0 Å². The molecule has 4 aromatic rings. The molecule has 0 aliphatic carbocycles. The van der Waals surface area contributed by atoms with Gasteiger partial charge in [-0.05, 0) is 67.8 Å². The van der Waals surface area contributed by atoms with Crippen LogP contribution in [-0.2, 0) is 16.1 Å². The highest BCUT2D eigenvalue weighted by molar-refractivity contribution is 7.99. The minimum atomic E-state index is -0.981. The summed E-state index contributed by atoms with van der Waals surface area (Å²) in [5.74, 6) is 1.06. The van der Waals surface area contributed by atoms with Gasteiger partial charge in [0, 0.05) is 24.0 Å². The molecule has 224 valence electrons. The van der Waals surface area contributed by atoms with Crippen LogP contribution in [0.25, 0.3) is 0 Å². The molecule has 43 heavy (non-hydrogen) atoms. The van der Waals surface area contributed by atoms with Crippen molar-refractivity contribution in [1.82, 2.24) is 14.9 Å². The van der Waals surface area contributed by atoms with Gasteiger partial charge in [0.1, 0.15) is 23.3 Å². The number of nitrogens with one attached hydrogen (secondary N) is 1. The number of methoxy groups -OCH3 is 3. The van der Waals surface area contributed by atoms with Gasteiger partial charge in [-0.2, -0.15) is 0 Å². The fourth-order valence-electron chi connectivity index (χ4n) is 4.62. The fourth-order valence-corrected chi connectivity index (χ4v) is 5.46. The first kappa shape index (κ1) is 31.4. The zero-order chi connectivity index (χ0) is 30.9. The van der Waals surface area contributed by atoms with Gasteiger partial charge in [-0.3, -0.25) is 9.59 Å². The van der Waals surface area contributed by atoms with E-state index >= 15 is 0 Å². The Balaban J connectivity index is 1.75. The maximum Gasteiger partial charge on any atom is 0.251 e. The SMILES string of the molecule is COc1ccc([C@@H](C(=O)Nc2ccc(OC)cc2OC)N(Cc2ccccc2C)C(=O)CSc2nc(C)cc(C)n2)cc1. The highest BCUT2D eigenvalue weighted by Gasteiger charge is 2.33. The number of rotatable bonds is 12. The molecule has 0 bridgehead atoms. The molecule has 10 heteroatoms. The van der Waals surface area contributed by atoms with E-state index < -0.39 is 11.9 Å². The van der Waals surface area contributed by atoms with Gasteiger partial charge in [-0.1, -0.05) is 48.2 Å². The van der Waals surface area contributed by atoms with Gasteiger partial charge in [0.15, 0.2) is 5.16 Å². The molecule has 9 nitrogen and oxygen atoms in total. The molecule has 4 rings (SSSR count). The Morgan fingerprint density at radius 2 is 1.49 bits per heavy atom. The summed E-state index contributed by atoms with van der Waals surface area (Å²) in [4.78, 5) is 38.9. The molecule has 1 N–H and O–H groups in total. The number of hydrogen-bond donors (Lipinski definition) is 1. The lowest BCUT2D eigenvalue weighted by Crippen LogP contribution is -2.42. The van der Waals surface area contributed by atoms with Crippen molar-refractivity contribution in [3.63, 3.8) is 0 Å². The molecule has 1 heterocycles. The van der Waals surface area contributed by atoms with Crippen LogP contribution in [0.4, 0.5) is 5.69 Å². The molecule has 1 aromatic heterocycles. The number of carbonyl (C=O) groups is 2. The Morgan fingerprint density at radius 1 is 0.837 bits per heavy atom. The maximum absolute atomic E-state index is 14.2. The predicted molar refractivity (Wildman–Crippen MR) is 168 cm³/mol. The van der Waals surface area contributed by atoms with Crippen molar-refractivity contribution in [1.29, 1.82) is 0 Å². The van der Waals surface area contributed by atoms with Crippen molar-refractivity contribution in [2.75, 3.05) is 32.4 Å². The van der Waals surface area contributed by atoms with E-state index in [0.717, 1.165) is 22.5 Å². The quantitative estimate of drug-likeness (QED) is 0.158. The summed E-state index contributed by atoms with van der Waals surface area (Å²) in [6.45, 7) is 5.98. The van der Waals surface area contributed by atoms with E-state index in [0.29, 0.717) is 33.7 Å². The topological polar surface area (TPSA) is 103 Å². The van der Waals surface area contributed by atoms with Crippen molar-refractivity contribution in [3.8, 4) is 17.2 Å². The van der Waals surface area contributed by atoms with E-state index in [2.05, 4.69) is 15.3 Å². The third-order valence-electron chi connectivity index (χ3n) is 6.87. The van der Waals surface area contributed by atoms with Crippen LogP contribution in [0.5, 0.6) is 17.2 Å². The normalized spacial score (nSPS) is 11.4. The Hall–Kier alpha value is -4.57. The second-order valence-corrected chi connectivity index (χ2v) is 10.8. The first-order valence-electron chi connectivity index (χ1n) is 13.7. The second kappa shape index (κ2) is 14.6. The maximum atomic E-state index is 14.2. The van der Waals surface area contributed by atoms with Crippen molar-refractivity contribution in [3.05, 3.63) is 101 Å². The van der Waals surface area contributed by atoms with Gasteiger partial charge in [0.2, 0.25) is 5.91 Å². The third kappa shape index (κ3) is 8.04. The minimum absolute atomic E-state index is 0.0422. The van der Waals surface area contributed by atoms with Crippen molar-refractivity contribution in [2.24, 2.45) is 0 Å². The third-order valence-corrected chi connectivity index (χ3v) is 7.70. The minimum Gasteiger partial charge on any atom is -0.497 e. The summed E-state index contributed by atoms with van der Waals surface area (Å²) in [7, 11) is 4.66. The number of nitrogens with zero attached hydrogens (tertiary/aromatic N) is 3. The molecular formula is C33H36N4O5S. The number of benzene rings is 3. The van der Waals surface area contributed by atoms with E-state index in [1.807, 2.05) is 51.1 Å². The van der Waals surface area contributed by atoms with Crippen molar-refractivity contribution < 1.29 is 23.8 Å². The molecule has 0 fully saturated rings. The summed E-state index contributed by atoms with van der Waals surface area (Å²) >= 11 is 1.25. The van der Waals surface area contributed by atoms with Gasteiger partial charge in [-0.25, -0.2) is 9.97 Å². The Morgan fingerprint density at radius 3 is 2.12 bits per heavy atom. The van der Waals surface area contributed by atoms with E-state index in [9.17, 15) is 9.59 Å².